The Labute approximate surface area is 172 Å². The van der Waals surface area contributed by atoms with E-state index < -0.39 is 0 Å². The van der Waals surface area contributed by atoms with Gasteiger partial charge in [0.15, 0.2) is 0 Å². The second kappa shape index (κ2) is 10.2. The van der Waals surface area contributed by atoms with Gasteiger partial charge in [-0.15, -0.1) is 0 Å². The lowest BCUT2D eigenvalue weighted by Crippen LogP contribution is -2.37. The molecule has 3 aromatic rings. The normalized spacial score (nSPS) is 10.6. The fourth-order valence-electron chi connectivity index (χ4n) is 3.20. The molecule has 3 rings (SSSR count). The molecular weight excluding hydrogens is 360 g/mol. The quantitative estimate of drug-likeness (QED) is 0.616. The smallest absolute Gasteiger partial charge is 0.239 e. The fourth-order valence-corrected chi connectivity index (χ4v) is 3.20. The van der Waals surface area contributed by atoms with E-state index in [0.29, 0.717) is 13.0 Å². The van der Waals surface area contributed by atoms with Gasteiger partial charge in [-0.2, -0.15) is 0 Å². The van der Waals surface area contributed by atoms with Crippen molar-refractivity contribution < 1.29 is 9.59 Å². The Hall–Kier alpha value is -3.40. The molecule has 0 bridgehead atoms. The van der Waals surface area contributed by atoms with E-state index in [4.69, 9.17) is 0 Å². The maximum atomic E-state index is 12.5. The number of rotatable bonds is 8. The Morgan fingerprint density at radius 3 is 1.83 bits per heavy atom. The lowest BCUT2D eigenvalue weighted by molar-refractivity contribution is -0.126. The lowest BCUT2D eigenvalue weighted by atomic mass is 9.88. The summed E-state index contributed by atoms with van der Waals surface area (Å²) in [6.07, 6.45) is 0.291. The minimum Gasteiger partial charge on any atom is -0.350 e. The number of benzene rings is 3. The Morgan fingerprint density at radius 2 is 1.28 bits per heavy atom. The van der Waals surface area contributed by atoms with Gasteiger partial charge in [0.1, 0.15) is 0 Å². The van der Waals surface area contributed by atoms with Crippen molar-refractivity contribution >= 4 is 11.8 Å². The van der Waals surface area contributed by atoms with Gasteiger partial charge in [0.25, 0.3) is 0 Å². The van der Waals surface area contributed by atoms with Crippen molar-refractivity contribution in [3.8, 4) is 0 Å². The Kier molecular flexibility index (Phi) is 7.17. The largest absolute Gasteiger partial charge is 0.350 e. The van der Waals surface area contributed by atoms with Crippen molar-refractivity contribution in [2.75, 3.05) is 6.54 Å². The highest BCUT2D eigenvalue weighted by Gasteiger charge is 2.18. The minimum absolute atomic E-state index is 0.0268. The summed E-state index contributed by atoms with van der Waals surface area (Å²) in [6, 6.07) is 27.9. The van der Waals surface area contributed by atoms with E-state index >= 15 is 0 Å². The van der Waals surface area contributed by atoms with Crippen LogP contribution in [-0.4, -0.2) is 18.4 Å². The first-order valence-corrected chi connectivity index (χ1v) is 9.80. The Balaban J connectivity index is 1.53. The predicted molar refractivity (Wildman–Crippen MR) is 115 cm³/mol. The summed E-state index contributed by atoms with van der Waals surface area (Å²) in [6.45, 7) is 2.45. The van der Waals surface area contributed by atoms with Crippen LogP contribution >= 0.6 is 0 Å². The molecule has 0 aliphatic carbocycles. The van der Waals surface area contributed by atoms with E-state index in [1.54, 1.807) is 0 Å². The number of hydrogen-bond donors (Lipinski definition) is 2. The summed E-state index contributed by atoms with van der Waals surface area (Å²) < 4.78 is 0. The van der Waals surface area contributed by atoms with Crippen molar-refractivity contribution in [3.63, 3.8) is 0 Å². The van der Waals surface area contributed by atoms with Gasteiger partial charge >= 0.3 is 0 Å². The first-order valence-electron chi connectivity index (χ1n) is 9.80. The molecule has 4 heteroatoms. The van der Waals surface area contributed by atoms with Gasteiger partial charge < -0.3 is 10.6 Å². The second-order valence-electron chi connectivity index (χ2n) is 7.12. The van der Waals surface area contributed by atoms with Gasteiger partial charge in [0.05, 0.1) is 6.54 Å². The lowest BCUT2D eigenvalue weighted by Gasteiger charge is -2.18. The topological polar surface area (TPSA) is 58.2 Å². The van der Waals surface area contributed by atoms with E-state index in [-0.39, 0.29) is 24.3 Å². The van der Waals surface area contributed by atoms with Crippen molar-refractivity contribution in [2.24, 2.45) is 0 Å². The van der Waals surface area contributed by atoms with Gasteiger partial charge in [0.2, 0.25) is 11.8 Å². The van der Waals surface area contributed by atoms with Crippen LogP contribution in [0.15, 0.2) is 84.9 Å². The molecule has 2 N–H and O–H groups in total. The molecule has 0 atom stereocenters. The molecule has 3 aromatic carbocycles. The molecule has 4 nitrogen and oxygen atoms in total. The van der Waals surface area contributed by atoms with Gasteiger partial charge in [0, 0.05) is 18.9 Å². The zero-order valence-corrected chi connectivity index (χ0v) is 16.6. The molecule has 148 valence electrons. The highest BCUT2D eigenvalue weighted by Crippen LogP contribution is 2.27. The summed E-state index contributed by atoms with van der Waals surface area (Å²) >= 11 is 0. The maximum Gasteiger partial charge on any atom is 0.239 e. The zero-order chi connectivity index (χ0) is 20.5. The van der Waals surface area contributed by atoms with E-state index in [2.05, 4.69) is 10.6 Å². The van der Waals surface area contributed by atoms with Gasteiger partial charge in [-0.25, -0.2) is 0 Å². The molecule has 0 radical (unpaired) electrons. The number of aryl methyl sites for hydroxylation is 1. The number of carbonyl (C=O) groups is 2. The molecule has 0 aliphatic rings. The molecule has 0 unspecified atom stereocenters. The number of carbonyl (C=O) groups excluding carboxylic acids is 2. The Bertz CT molecular complexity index is 883. The monoisotopic (exact) mass is 386 g/mol. The van der Waals surface area contributed by atoms with Crippen LogP contribution in [0.4, 0.5) is 0 Å². The summed E-state index contributed by atoms with van der Waals surface area (Å²) in [5, 5.41) is 5.58. The molecule has 0 saturated heterocycles. The van der Waals surface area contributed by atoms with Crippen LogP contribution in [0.3, 0.4) is 0 Å². The number of nitrogens with one attached hydrogen (secondary N) is 2. The van der Waals surface area contributed by atoms with Crippen molar-refractivity contribution in [3.05, 3.63) is 107 Å². The van der Waals surface area contributed by atoms with Crippen LogP contribution in [0.2, 0.25) is 0 Å². The predicted octanol–water partition coefficient (Wildman–Crippen LogP) is 3.95. The minimum atomic E-state index is -0.199. The van der Waals surface area contributed by atoms with Crippen molar-refractivity contribution in [1.29, 1.82) is 0 Å². The number of hydrogen-bond acceptors (Lipinski definition) is 2. The third-order valence-electron chi connectivity index (χ3n) is 4.85. The first-order chi connectivity index (χ1) is 14.1. The van der Waals surface area contributed by atoms with E-state index in [1.807, 2.05) is 91.9 Å². The average molecular weight is 386 g/mol. The van der Waals surface area contributed by atoms with E-state index in [0.717, 1.165) is 16.7 Å². The van der Waals surface area contributed by atoms with E-state index in [9.17, 15) is 9.59 Å². The van der Waals surface area contributed by atoms with Crippen LogP contribution in [-0.2, 0) is 16.1 Å². The summed E-state index contributed by atoms with van der Waals surface area (Å²) in [5.74, 6) is -0.392. The highest BCUT2D eigenvalue weighted by atomic mass is 16.2. The molecule has 29 heavy (non-hydrogen) atoms. The molecule has 0 fully saturated rings. The second-order valence-corrected chi connectivity index (χ2v) is 7.12. The molecule has 2 amide bonds. The van der Waals surface area contributed by atoms with Gasteiger partial charge in [-0.05, 0) is 23.6 Å². The van der Waals surface area contributed by atoms with Crippen LogP contribution in [0.5, 0.6) is 0 Å². The van der Waals surface area contributed by atoms with Crippen molar-refractivity contribution in [1.82, 2.24) is 10.6 Å². The molecule has 0 saturated carbocycles. The van der Waals surface area contributed by atoms with Gasteiger partial charge in [-0.3, -0.25) is 9.59 Å². The van der Waals surface area contributed by atoms with Gasteiger partial charge in [-0.1, -0.05) is 90.5 Å². The Morgan fingerprint density at radius 1 is 0.724 bits per heavy atom. The fraction of sp³-hybridized carbons (Fsp3) is 0.200. The molecule has 0 heterocycles. The van der Waals surface area contributed by atoms with Crippen LogP contribution in [0.1, 0.15) is 34.6 Å². The van der Waals surface area contributed by atoms with Crippen LogP contribution in [0.25, 0.3) is 0 Å². The van der Waals surface area contributed by atoms with Crippen LogP contribution < -0.4 is 10.6 Å². The molecule has 0 spiro atoms. The summed E-state index contributed by atoms with van der Waals surface area (Å²) in [4.78, 5) is 24.6. The van der Waals surface area contributed by atoms with Crippen molar-refractivity contribution in [2.45, 2.75) is 25.8 Å². The maximum absolute atomic E-state index is 12.5. The first kappa shape index (κ1) is 20.3. The third-order valence-corrected chi connectivity index (χ3v) is 4.85. The molecule has 0 aliphatic heterocycles. The summed E-state index contributed by atoms with van der Waals surface area (Å²) in [5.41, 5.74) is 4.37. The summed E-state index contributed by atoms with van der Waals surface area (Å²) in [7, 11) is 0. The van der Waals surface area contributed by atoms with E-state index in [1.165, 1.54) is 5.56 Å². The average Bonchev–Trinajstić information content (AvgIpc) is 2.77. The highest BCUT2D eigenvalue weighted by molar-refractivity contribution is 5.85. The third kappa shape index (κ3) is 6.32. The standard InChI is InChI=1S/C25H26N2O2/c1-19-12-14-20(15-13-19)17-26-25(29)18-27-24(28)16-23(21-8-4-2-5-9-21)22-10-6-3-7-11-22/h2-15,23H,16-18H2,1H3,(H,26,29)(H,27,28). The molecule has 0 aromatic heterocycles. The molecular formula is C25H26N2O2. The SMILES string of the molecule is Cc1ccc(CNC(=O)CNC(=O)CC(c2ccccc2)c2ccccc2)cc1. The van der Waals surface area contributed by atoms with Crippen LogP contribution in [0, 0.1) is 6.92 Å². The zero-order valence-electron chi connectivity index (χ0n) is 16.6. The number of amides is 2.